The first-order valence-corrected chi connectivity index (χ1v) is 26.4. The van der Waals surface area contributed by atoms with Gasteiger partial charge in [0.1, 0.15) is 0 Å². The van der Waals surface area contributed by atoms with Crippen LogP contribution in [0.4, 0.5) is 0 Å². The van der Waals surface area contributed by atoms with Gasteiger partial charge in [-0.3, -0.25) is 8.37 Å². The van der Waals surface area contributed by atoms with Crippen molar-refractivity contribution in [1.82, 2.24) is 0 Å². The molecule has 1 N–H and O–H groups in total. The second kappa shape index (κ2) is 37.3. The molecule has 0 fully saturated rings. The summed E-state index contributed by atoms with van der Waals surface area (Å²) >= 11 is 9.53. The highest BCUT2D eigenvalue weighted by molar-refractivity contribution is 8.13. The zero-order valence-electron chi connectivity index (χ0n) is 36.0. The molecule has 0 spiro atoms. The zero-order valence-corrected chi connectivity index (χ0v) is 40.7. The molecule has 0 saturated heterocycles. The number of hydrogen-bond acceptors (Lipinski definition) is 9. The summed E-state index contributed by atoms with van der Waals surface area (Å²) in [4.78, 5) is 0.570. The number of allylic oxidation sites excluding steroid dienone is 2. The lowest BCUT2D eigenvalue weighted by Crippen LogP contribution is -2.07. The lowest BCUT2D eigenvalue weighted by atomic mass is 10.1. The van der Waals surface area contributed by atoms with E-state index in [1.807, 2.05) is 32.9 Å². The first kappa shape index (κ1) is 59.8. The second-order valence-electron chi connectivity index (χ2n) is 13.7. The quantitative estimate of drug-likeness (QED) is 0.0305. The fourth-order valence-corrected chi connectivity index (χ4v) is 7.38. The summed E-state index contributed by atoms with van der Waals surface area (Å²) in [6.45, 7) is 13.7. The molecule has 0 aliphatic rings. The van der Waals surface area contributed by atoms with Crippen LogP contribution in [0.2, 0.25) is 0 Å². The Morgan fingerprint density at radius 3 is 1.13 bits per heavy atom. The highest BCUT2D eigenvalue weighted by Crippen LogP contribution is 2.16. The molecule has 0 radical (unpaired) electrons. The Labute approximate surface area is 378 Å². The molecule has 0 unspecified atom stereocenters. The van der Waals surface area contributed by atoms with Gasteiger partial charge in [0.2, 0.25) is 0 Å². The number of aryl methyl sites for hydroxylation is 3. The van der Waals surface area contributed by atoms with Crippen molar-refractivity contribution in [3.05, 3.63) is 115 Å². The van der Waals surface area contributed by atoms with Gasteiger partial charge < -0.3 is 5.11 Å². The summed E-state index contributed by atoms with van der Waals surface area (Å²) in [5.41, 5.74) is 3.06. The van der Waals surface area contributed by atoms with Crippen LogP contribution in [0.3, 0.4) is 0 Å². The molecule has 3 rings (SSSR count). The predicted molar refractivity (Wildman–Crippen MR) is 252 cm³/mol. The van der Waals surface area contributed by atoms with E-state index in [-0.39, 0.29) is 26.6 Å². The number of halogens is 3. The van der Waals surface area contributed by atoms with Gasteiger partial charge in [0.05, 0.1) is 33.7 Å². The molecule has 0 aliphatic heterocycles. The number of unbranched alkanes of at least 4 members (excludes halogenated alkanes) is 14. The molecule has 0 atom stereocenters. The van der Waals surface area contributed by atoms with Gasteiger partial charge in [-0.1, -0.05) is 129 Å². The summed E-state index contributed by atoms with van der Waals surface area (Å²) in [6, 6.07) is 19.6. The van der Waals surface area contributed by atoms with Gasteiger partial charge >= 0.3 is 0 Å². The number of rotatable bonds is 24. The van der Waals surface area contributed by atoms with Crippen LogP contribution in [0.1, 0.15) is 119 Å². The Kier molecular flexibility index (Phi) is 37.2. The minimum atomic E-state index is -3.59. The summed E-state index contributed by atoms with van der Waals surface area (Å²) in [7, 11) is -4.43. The van der Waals surface area contributed by atoms with Gasteiger partial charge in [-0.2, -0.15) is 16.8 Å². The van der Waals surface area contributed by atoms with Crippen molar-refractivity contribution in [3.63, 3.8) is 0 Å². The minimum absolute atomic E-state index is 0.143. The smallest absolute Gasteiger partial charge is 0.296 e. The molecular weight excluding hydrogens is 887 g/mol. The SMILES string of the molecule is C=CCCCCCCCCCO.C=CCCCCCCCCCOS(=O)(=O)c1ccc(C)cc1.COS(=O)(=O)c1ccc(C)cc1.Cc1ccc(S(=O)(=O)Cl)cc1.ClCCl. The number of aliphatic hydroxyl groups is 1. The third-order valence-corrected chi connectivity index (χ3v) is 12.5. The zero-order chi connectivity index (χ0) is 45.7. The van der Waals surface area contributed by atoms with E-state index in [1.165, 1.54) is 88.5 Å². The maximum absolute atomic E-state index is 11.9. The van der Waals surface area contributed by atoms with Gasteiger partial charge in [0.15, 0.2) is 0 Å². The van der Waals surface area contributed by atoms with E-state index in [1.54, 1.807) is 48.5 Å². The van der Waals surface area contributed by atoms with Crippen LogP contribution < -0.4 is 0 Å². The lowest BCUT2D eigenvalue weighted by Gasteiger charge is -2.06. The van der Waals surface area contributed by atoms with E-state index in [4.69, 9.17) is 43.2 Å². The molecule has 15 heteroatoms. The van der Waals surface area contributed by atoms with Crippen molar-refractivity contribution in [2.24, 2.45) is 0 Å². The molecular formula is C45H69Cl3O9S3. The number of hydrogen-bond donors (Lipinski definition) is 1. The van der Waals surface area contributed by atoms with Crippen LogP contribution in [0, 0.1) is 20.8 Å². The van der Waals surface area contributed by atoms with Crippen LogP contribution in [0.25, 0.3) is 0 Å². The maximum atomic E-state index is 11.9. The monoisotopic (exact) mass is 954 g/mol. The minimum Gasteiger partial charge on any atom is -0.396 e. The van der Waals surface area contributed by atoms with E-state index in [9.17, 15) is 25.3 Å². The predicted octanol–water partition coefficient (Wildman–Crippen LogP) is 13.0. The fraction of sp³-hybridized carbons (Fsp3) is 0.511. The molecule has 342 valence electrons. The molecule has 0 aromatic heterocycles. The summed E-state index contributed by atoms with van der Waals surface area (Å²) in [6.07, 6.45) is 22.9. The number of alkyl halides is 2. The average Bonchev–Trinajstić information content (AvgIpc) is 3.21. The molecule has 0 aliphatic carbocycles. The first-order chi connectivity index (χ1) is 28.4. The Hall–Kier alpha value is -2.26. The maximum Gasteiger partial charge on any atom is 0.296 e. The van der Waals surface area contributed by atoms with Crippen molar-refractivity contribution < 1.29 is 38.7 Å². The topological polar surface area (TPSA) is 141 Å². The molecule has 9 nitrogen and oxygen atoms in total. The van der Waals surface area contributed by atoms with Crippen LogP contribution in [0.5, 0.6) is 0 Å². The van der Waals surface area contributed by atoms with E-state index in [0.717, 1.165) is 62.3 Å². The molecule has 0 heterocycles. The van der Waals surface area contributed by atoms with Gasteiger partial charge in [0.25, 0.3) is 29.3 Å². The van der Waals surface area contributed by atoms with Crippen LogP contribution in [0.15, 0.2) is 113 Å². The third-order valence-electron chi connectivity index (χ3n) is 8.50. The van der Waals surface area contributed by atoms with Crippen molar-refractivity contribution >= 4 is 63.2 Å². The van der Waals surface area contributed by atoms with Crippen molar-refractivity contribution in [1.29, 1.82) is 0 Å². The van der Waals surface area contributed by atoms with Crippen molar-refractivity contribution in [2.45, 2.75) is 138 Å². The molecule has 3 aromatic rings. The Morgan fingerprint density at radius 2 is 0.817 bits per heavy atom. The Bertz CT molecular complexity index is 1840. The highest BCUT2D eigenvalue weighted by Gasteiger charge is 2.14. The summed E-state index contributed by atoms with van der Waals surface area (Å²) in [5, 5.41) is 8.72. The third kappa shape index (κ3) is 33.4. The largest absolute Gasteiger partial charge is 0.396 e. The number of benzene rings is 3. The van der Waals surface area contributed by atoms with E-state index >= 15 is 0 Å². The molecule has 3 aromatic carbocycles. The van der Waals surface area contributed by atoms with E-state index in [0.29, 0.717) is 6.61 Å². The van der Waals surface area contributed by atoms with Crippen molar-refractivity contribution in [2.75, 3.05) is 25.7 Å². The van der Waals surface area contributed by atoms with Crippen LogP contribution in [-0.4, -0.2) is 56.0 Å². The normalized spacial score (nSPS) is 10.9. The van der Waals surface area contributed by atoms with E-state index < -0.39 is 29.3 Å². The van der Waals surface area contributed by atoms with Gasteiger partial charge in [0, 0.05) is 17.3 Å². The van der Waals surface area contributed by atoms with Crippen molar-refractivity contribution in [3.8, 4) is 0 Å². The van der Waals surface area contributed by atoms with Gasteiger partial charge in [-0.15, -0.1) is 36.4 Å². The molecule has 0 saturated carbocycles. The molecule has 0 amide bonds. The highest BCUT2D eigenvalue weighted by atomic mass is 35.7. The summed E-state index contributed by atoms with van der Waals surface area (Å²) in [5.74, 6) is 0. The first-order valence-electron chi connectivity index (χ1n) is 20.2. The standard InChI is InChI=1S/C18H28O3S.C11H22O.C8H10O3S.C7H7ClO2S.CH2Cl2/c1-3-4-5-6-7-8-9-10-11-16-21-22(19,20)18-14-12-17(2)13-15-18;1-2-3-4-5-6-7-8-9-10-11-12;1-7-3-5-8(6-4-7)12(9,10)11-2;1-6-2-4-7(5-3-6)11(8,9)10;2-1-3/h3,12-15H,1,4-11,16H2,2H3;2,12H,1,3-11H2;3-6H,1-2H3;2-5H,1H3;1H2. The number of aliphatic hydroxyl groups excluding tert-OH is 1. The van der Waals surface area contributed by atoms with Crippen LogP contribution in [-0.2, 0) is 37.7 Å². The Morgan fingerprint density at radius 1 is 0.517 bits per heavy atom. The fourth-order valence-electron chi connectivity index (χ4n) is 5.00. The van der Waals surface area contributed by atoms with Gasteiger partial charge in [-0.25, -0.2) is 8.42 Å². The molecule has 60 heavy (non-hydrogen) atoms. The lowest BCUT2D eigenvalue weighted by molar-refractivity contribution is 0.282. The second-order valence-corrected chi connectivity index (χ2v) is 20.4. The average molecular weight is 957 g/mol. The van der Waals surface area contributed by atoms with Gasteiger partial charge in [-0.05, 0) is 95.7 Å². The van der Waals surface area contributed by atoms with E-state index in [2.05, 4.69) is 17.3 Å². The molecule has 0 bridgehead atoms. The van der Waals surface area contributed by atoms with Crippen LogP contribution >= 0.6 is 33.9 Å². The Balaban J connectivity index is 0. The summed E-state index contributed by atoms with van der Waals surface area (Å²) < 4.78 is 76.9.